The van der Waals surface area contributed by atoms with Crippen molar-refractivity contribution >= 4 is 0 Å². The lowest BCUT2D eigenvalue weighted by Gasteiger charge is -2.70. The third-order valence-electron chi connectivity index (χ3n) is 12.4. The molecule has 0 aliphatic heterocycles. The fourth-order valence-corrected chi connectivity index (χ4v) is 10.3. The van der Waals surface area contributed by atoms with E-state index in [0.29, 0.717) is 11.8 Å². The van der Waals surface area contributed by atoms with Gasteiger partial charge in [-0.2, -0.15) is 0 Å². The molecule has 0 saturated heterocycles. The van der Waals surface area contributed by atoms with E-state index in [1.165, 1.54) is 18.4 Å². The first-order valence-electron chi connectivity index (χ1n) is 13.8. The van der Waals surface area contributed by atoms with E-state index in [9.17, 15) is 15.3 Å². The van der Waals surface area contributed by atoms with E-state index in [-0.39, 0.29) is 45.7 Å². The van der Waals surface area contributed by atoms with E-state index in [0.717, 1.165) is 44.9 Å². The SMILES string of the molecule is CC(C)=CCC[C@](C)(O)[C@@H]1CC[C@]2(C)[C@H]1[C@@H](O)C[C@H]1[C@]3(C)CC[C@@H](O)C(C)(C)[C@H]3CC[C@@]12C. The molecule has 3 N–H and O–H groups in total. The molecule has 190 valence electrons. The average Bonchev–Trinajstić information content (AvgIpc) is 3.08. The van der Waals surface area contributed by atoms with Gasteiger partial charge < -0.3 is 15.3 Å². The van der Waals surface area contributed by atoms with Crippen LogP contribution in [0.2, 0.25) is 0 Å². The van der Waals surface area contributed by atoms with Crippen LogP contribution >= 0.6 is 0 Å². The molecule has 4 aliphatic carbocycles. The van der Waals surface area contributed by atoms with E-state index >= 15 is 0 Å². The van der Waals surface area contributed by atoms with Crippen LogP contribution < -0.4 is 0 Å². The maximum Gasteiger partial charge on any atom is 0.0654 e. The van der Waals surface area contributed by atoms with Crippen molar-refractivity contribution < 1.29 is 15.3 Å². The highest BCUT2D eigenvalue weighted by Gasteiger charge is 2.71. The molecule has 4 saturated carbocycles. The Morgan fingerprint density at radius 3 is 2.18 bits per heavy atom. The first kappa shape index (κ1) is 25.7. The van der Waals surface area contributed by atoms with E-state index in [1.54, 1.807) is 0 Å². The Morgan fingerprint density at radius 1 is 0.909 bits per heavy atom. The molecule has 33 heavy (non-hydrogen) atoms. The number of aliphatic hydroxyl groups is 3. The van der Waals surface area contributed by atoms with Crippen molar-refractivity contribution in [2.24, 2.45) is 45.3 Å². The summed E-state index contributed by atoms with van der Waals surface area (Å²) in [5.41, 5.74) is 0.885. The predicted octanol–water partition coefficient (Wildman–Crippen LogP) is 6.50. The van der Waals surface area contributed by atoms with Gasteiger partial charge in [0.1, 0.15) is 0 Å². The van der Waals surface area contributed by atoms with Crippen molar-refractivity contribution in [1.29, 1.82) is 0 Å². The van der Waals surface area contributed by atoms with Crippen molar-refractivity contribution in [2.75, 3.05) is 0 Å². The maximum absolute atomic E-state index is 11.8. The summed E-state index contributed by atoms with van der Waals surface area (Å²) in [6.07, 6.45) is 10.6. The first-order valence-corrected chi connectivity index (χ1v) is 13.8. The van der Waals surface area contributed by atoms with Gasteiger partial charge in [-0.05, 0) is 124 Å². The van der Waals surface area contributed by atoms with Crippen molar-refractivity contribution in [3.05, 3.63) is 11.6 Å². The zero-order valence-corrected chi connectivity index (χ0v) is 22.7. The van der Waals surface area contributed by atoms with E-state index < -0.39 is 5.60 Å². The molecule has 3 nitrogen and oxygen atoms in total. The summed E-state index contributed by atoms with van der Waals surface area (Å²) in [7, 11) is 0. The molecule has 4 fully saturated rings. The average molecular weight is 461 g/mol. The summed E-state index contributed by atoms with van der Waals surface area (Å²) in [6.45, 7) is 18.3. The number of hydrogen-bond donors (Lipinski definition) is 3. The van der Waals surface area contributed by atoms with E-state index in [2.05, 4.69) is 54.5 Å². The molecule has 0 aromatic carbocycles. The van der Waals surface area contributed by atoms with Crippen LogP contribution in [0.4, 0.5) is 0 Å². The van der Waals surface area contributed by atoms with Gasteiger partial charge in [-0.1, -0.05) is 46.3 Å². The largest absolute Gasteiger partial charge is 0.393 e. The molecule has 0 spiro atoms. The Morgan fingerprint density at radius 2 is 1.55 bits per heavy atom. The lowest BCUT2D eigenvalue weighted by Crippen LogP contribution is -2.66. The normalized spacial score (nSPS) is 50.5. The van der Waals surface area contributed by atoms with Gasteiger partial charge in [0.25, 0.3) is 0 Å². The second kappa shape index (κ2) is 8.07. The van der Waals surface area contributed by atoms with Crippen LogP contribution in [-0.2, 0) is 0 Å². The summed E-state index contributed by atoms with van der Waals surface area (Å²) in [4.78, 5) is 0. The van der Waals surface area contributed by atoms with Crippen LogP contribution in [0.25, 0.3) is 0 Å². The molecule has 4 aliphatic rings. The highest BCUT2D eigenvalue weighted by Crippen LogP contribution is 2.75. The van der Waals surface area contributed by atoms with Gasteiger partial charge in [-0.3, -0.25) is 0 Å². The van der Waals surface area contributed by atoms with Crippen LogP contribution in [0.5, 0.6) is 0 Å². The Kier molecular flexibility index (Phi) is 6.28. The predicted molar refractivity (Wildman–Crippen MR) is 136 cm³/mol. The number of hydrogen-bond acceptors (Lipinski definition) is 3. The van der Waals surface area contributed by atoms with Crippen LogP contribution in [0, 0.1) is 45.3 Å². The third-order valence-corrected chi connectivity index (χ3v) is 12.4. The lowest BCUT2D eigenvalue weighted by atomic mass is 9.35. The number of aliphatic hydroxyl groups excluding tert-OH is 2. The van der Waals surface area contributed by atoms with Crippen LogP contribution in [0.15, 0.2) is 11.6 Å². The third kappa shape index (κ3) is 3.61. The summed E-state index contributed by atoms with van der Waals surface area (Å²) in [6, 6.07) is 0. The van der Waals surface area contributed by atoms with Crippen LogP contribution in [-0.4, -0.2) is 33.1 Å². The van der Waals surface area contributed by atoms with Crippen LogP contribution in [0.3, 0.4) is 0 Å². The summed E-state index contributed by atoms with van der Waals surface area (Å²) in [5, 5.41) is 34.3. The minimum atomic E-state index is -0.739. The fourth-order valence-electron chi connectivity index (χ4n) is 10.3. The van der Waals surface area contributed by atoms with Gasteiger partial charge >= 0.3 is 0 Å². The molecule has 4 rings (SSSR count). The van der Waals surface area contributed by atoms with Crippen LogP contribution in [0.1, 0.15) is 113 Å². The molecule has 10 atom stereocenters. The summed E-state index contributed by atoms with van der Waals surface area (Å²) >= 11 is 0. The molecule has 0 amide bonds. The smallest absolute Gasteiger partial charge is 0.0654 e. The molecular formula is C30H52O3. The van der Waals surface area contributed by atoms with Gasteiger partial charge in [0, 0.05) is 0 Å². The summed E-state index contributed by atoms with van der Waals surface area (Å²) in [5.74, 6) is 1.31. The zero-order valence-electron chi connectivity index (χ0n) is 22.7. The quantitative estimate of drug-likeness (QED) is 0.420. The molecule has 3 heteroatoms. The van der Waals surface area contributed by atoms with Gasteiger partial charge in [-0.15, -0.1) is 0 Å². The number of allylic oxidation sites excluding steroid dienone is 2. The number of rotatable bonds is 4. The van der Waals surface area contributed by atoms with Gasteiger partial charge in [0.2, 0.25) is 0 Å². The van der Waals surface area contributed by atoms with Crippen molar-refractivity contribution in [1.82, 2.24) is 0 Å². The molecule has 0 aromatic heterocycles. The minimum absolute atomic E-state index is 0.0503. The fraction of sp³-hybridized carbons (Fsp3) is 0.933. The minimum Gasteiger partial charge on any atom is -0.393 e. The van der Waals surface area contributed by atoms with Crippen molar-refractivity contribution in [2.45, 2.75) is 131 Å². The second-order valence-corrected chi connectivity index (χ2v) is 14.5. The standard InChI is InChI=1S/C30H52O3/c1-19(2)10-9-14-30(8,33)20-11-16-29(7)25(20)21(31)18-23-27(5)15-13-24(32)26(3,4)22(27)12-17-28(23,29)6/h10,20-25,31-33H,9,11-18H2,1-8H3/t20-,21+,22-,23+,24-,25-,27-,28+,29-,30+/m1/s1. The maximum atomic E-state index is 11.8. The molecule has 0 radical (unpaired) electrons. The van der Waals surface area contributed by atoms with E-state index in [1.807, 2.05) is 6.92 Å². The Hall–Kier alpha value is -0.380. The Bertz CT molecular complexity index is 779. The number of fused-ring (bicyclic) bond motifs is 5. The van der Waals surface area contributed by atoms with E-state index in [4.69, 9.17) is 0 Å². The topological polar surface area (TPSA) is 60.7 Å². The Balaban J connectivity index is 1.66. The van der Waals surface area contributed by atoms with Gasteiger partial charge in [-0.25, -0.2) is 0 Å². The molecule has 0 aromatic rings. The summed E-state index contributed by atoms with van der Waals surface area (Å²) < 4.78 is 0. The zero-order chi connectivity index (χ0) is 24.6. The van der Waals surface area contributed by atoms with Gasteiger partial charge in [0.05, 0.1) is 17.8 Å². The highest BCUT2D eigenvalue weighted by molar-refractivity contribution is 5.20. The first-order chi connectivity index (χ1) is 15.1. The van der Waals surface area contributed by atoms with Gasteiger partial charge in [0.15, 0.2) is 0 Å². The molecule has 0 heterocycles. The highest BCUT2D eigenvalue weighted by atomic mass is 16.3. The monoisotopic (exact) mass is 460 g/mol. The van der Waals surface area contributed by atoms with Crippen molar-refractivity contribution in [3.63, 3.8) is 0 Å². The molecular weight excluding hydrogens is 408 g/mol. The molecule has 0 bridgehead atoms. The second-order valence-electron chi connectivity index (χ2n) is 14.5. The van der Waals surface area contributed by atoms with Crippen molar-refractivity contribution in [3.8, 4) is 0 Å². The molecule has 0 unspecified atom stereocenters. The Labute approximate surface area is 203 Å². The lowest BCUT2D eigenvalue weighted by molar-refractivity contribution is -0.246.